The van der Waals surface area contributed by atoms with Crippen LogP contribution in [0.1, 0.15) is 43.0 Å². The Morgan fingerprint density at radius 3 is 2.80 bits per heavy atom. The van der Waals surface area contributed by atoms with Crippen LogP contribution >= 0.6 is 0 Å². The Labute approximate surface area is 149 Å². The Morgan fingerprint density at radius 1 is 1.32 bits per heavy atom. The third-order valence-corrected chi connectivity index (χ3v) is 5.12. The van der Waals surface area contributed by atoms with Crippen LogP contribution in [-0.2, 0) is 14.2 Å². The van der Waals surface area contributed by atoms with Crippen LogP contribution in [0.4, 0.5) is 0 Å². The molecule has 3 rings (SSSR count). The van der Waals surface area contributed by atoms with Crippen molar-refractivity contribution in [2.45, 2.75) is 44.3 Å². The predicted octanol–water partition coefficient (Wildman–Crippen LogP) is 2.29. The van der Waals surface area contributed by atoms with Gasteiger partial charge in [0.15, 0.2) is 0 Å². The number of pyridine rings is 1. The number of hydrogen-bond donors (Lipinski definition) is 0. The molecule has 1 atom stereocenters. The molecule has 1 aromatic rings. The highest BCUT2D eigenvalue weighted by Crippen LogP contribution is 2.36. The number of ether oxygens (including phenoxy) is 3. The molecule has 1 unspecified atom stereocenters. The second kappa shape index (κ2) is 8.74. The van der Waals surface area contributed by atoms with Gasteiger partial charge in [-0.15, -0.1) is 0 Å². The first-order valence-corrected chi connectivity index (χ1v) is 9.25. The third-order valence-electron chi connectivity index (χ3n) is 5.12. The zero-order valence-corrected chi connectivity index (χ0v) is 15.0. The fourth-order valence-electron chi connectivity index (χ4n) is 3.69. The quantitative estimate of drug-likeness (QED) is 0.738. The molecule has 1 aromatic heterocycles. The van der Waals surface area contributed by atoms with E-state index >= 15 is 0 Å². The molecule has 6 nitrogen and oxygen atoms in total. The lowest BCUT2D eigenvalue weighted by molar-refractivity contribution is -0.155. The van der Waals surface area contributed by atoms with Crippen molar-refractivity contribution in [3.63, 3.8) is 0 Å². The van der Waals surface area contributed by atoms with Crippen LogP contribution in [0.5, 0.6) is 0 Å². The minimum atomic E-state index is -0.135. The lowest BCUT2D eigenvalue weighted by Crippen LogP contribution is -2.52. The molecule has 0 aromatic carbocycles. The van der Waals surface area contributed by atoms with E-state index in [1.807, 2.05) is 11.8 Å². The molecule has 1 spiro atoms. The van der Waals surface area contributed by atoms with Crippen LogP contribution in [0.2, 0.25) is 0 Å². The number of hydrogen-bond acceptors (Lipinski definition) is 5. The maximum absolute atomic E-state index is 12.6. The van der Waals surface area contributed by atoms with Gasteiger partial charge in [0.1, 0.15) is 0 Å². The first kappa shape index (κ1) is 18.3. The summed E-state index contributed by atoms with van der Waals surface area (Å²) in [7, 11) is 0. The molecule has 6 heteroatoms. The van der Waals surface area contributed by atoms with Gasteiger partial charge in [0, 0.05) is 50.7 Å². The van der Waals surface area contributed by atoms with E-state index in [4.69, 9.17) is 14.2 Å². The summed E-state index contributed by atoms with van der Waals surface area (Å²) < 4.78 is 17.4. The first-order chi connectivity index (χ1) is 12.2. The number of nitrogens with zero attached hydrogens (tertiary/aromatic N) is 2. The van der Waals surface area contributed by atoms with Crippen LogP contribution < -0.4 is 0 Å². The number of carbonyl (C=O) groups is 1. The number of carbonyl (C=O) groups excluding carboxylic acids is 1. The monoisotopic (exact) mass is 348 g/mol. The molecule has 0 radical (unpaired) electrons. The minimum Gasteiger partial charge on any atom is -0.379 e. The summed E-state index contributed by atoms with van der Waals surface area (Å²) in [5, 5.41) is 0. The Hall–Kier alpha value is -1.50. The van der Waals surface area contributed by atoms with Crippen molar-refractivity contribution in [2.24, 2.45) is 0 Å². The predicted molar refractivity (Wildman–Crippen MR) is 93.5 cm³/mol. The highest BCUT2D eigenvalue weighted by Gasteiger charge is 2.41. The largest absolute Gasteiger partial charge is 0.379 e. The highest BCUT2D eigenvalue weighted by atomic mass is 16.5. The first-order valence-electron chi connectivity index (χ1n) is 9.25. The molecule has 0 aliphatic carbocycles. The molecule has 1 amide bonds. The van der Waals surface area contributed by atoms with Crippen LogP contribution in [0.15, 0.2) is 24.5 Å². The van der Waals surface area contributed by atoms with Crippen LogP contribution in [0, 0.1) is 0 Å². The molecule has 0 bridgehead atoms. The molecule has 0 saturated carbocycles. The van der Waals surface area contributed by atoms with Crippen LogP contribution in [-0.4, -0.2) is 67.0 Å². The average Bonchev–Trinajstić information content (AvgIpc) is 2.66. The lowest BCUT2D eigenvalue weighted by atomic mass is 9.83. The molecule has 2 fully saturated rings. The van der Waals surface area contributed by atoms with E-state index in [-0.39, 0.29) is 17.6 Å². The van der Waals surface area contributed by atoms with Crippen molar-refractivity contribution < 1.29 is 19.0 Å². The lowest BCUT2D eigenvalue weighted by Gasteiger charge is -2.46. The molecule has 2 aliphatic rings. The summed E-state index contributed by atoms with van der Waals surface area (Å²) in [5.74, 6) is 0.0811. The Morgan fingerprint density at radius 2 is 2.08 bits per heavy atom. The van der Waals surface area contributed by atoms with E-state index in [1.165, 1.54) is 0 Å². The van der Waals surface area contributed by atoms with E-state index in [2.05, 4.69) is 4.98 Å². The highest BCUT2D eigenvalue weighted by molar-refractivity contribution is 5.94. The second-order valence-corrected chi connectivity index (χ2v) is 6.74. The Balaban J connectivity index is 1.49. The second-order valence-electron chi connectivity index (χ2n) is 6.74. The smallest absolute Gasteiger partial charge is 0.253 e. The molecular formula is C19H28N2O4. The van der Waals surface area contributed by atoms with Gasteiger partial charge in [-0.2, -0.15) is 0 Å². The van der Waals surface area contributed by atoms with E-state index < -0.39 is 0 Å². The molecule has 0 N–H and O–H groups in total. The minimum absolute atomic E-state index is 0.0811. The molecule has 2 aliphatic heterocycles. The van der Waals surface area contributed by atoms with Gasteiger partial charge >= 0.3 is 0 Å². The molecule has 3 heterocycles. The van der Waals surface area contributed by atoms with Crippen molar-refractivity contribution in [1.29, 1.82) is 0 Å². The number of piperidine rings is 1. The van der Waals surface area contributed by atoms with Gasteiger partial charge in [0.25, 0.3) is 5.91 Å². The van der Waals surface area contributed by atoms with E-state index in [9.17, 15) is 4.79 Å². The van der Waals surface area contributed by atoms with E-state index in [0.717, 1.165) is 52.0 Å². The molecular weight excluding hydrogens is 320 g/mol. The van der Waals surface area contributed by atoms with Gasteiger partial charge in [-0.05, 0) is 38.3 Å². The normalized spacial score (nSPS) is 22.9. The van der Waals surface area contributed by atoms with E-state index in [1.54, 1.807) is 24.5 Å². The number of rotatable bonds is 6. The fourth-order valence-corrected chi connectivity index (χ4v) is 3.69. The van der Waals surface area contributed by atoms with Gasteiger partial charge in [0.2, 0.25) is 0 Å². The molecule has 138 valence electrons. The van der Waals surface area contributed by atoms with Crippen molar-refractivity contribution in [2.75, 3.05) is 39.5 Å². The summed E-state index contributed by atoms with van der Waals surface area (Å²) in [4.78, 5) is 18.4. The zero-order valence-electron chi connectivity index (χ0n) is 15.0. The summed E-state index contributed by atoms with van der Waals surface area (Å²) >= 11 is 0. The maximum Gasteiger partial charge on any atom is 0.253 e. The van der Waals surface area contributed by atoms with Gasteiger partial charge < -0.3 is 19.1 Å². The SMILES string of the molecule is CCOCCOC1CCOC2(CCN(C(=O)c3ccncc3)CC2)C1. The molecule has 2 saturated heterocycles. The topological polar surface area (TPSA) is 60.9 Å². The average molecular weight is 348 g/mol. The van der Waals surface area contributed by atoms with Crippen molar-refractivity contribution in [1.82, 2.24) is 9.88 Å². The summed E-state index contributed by atoms with van der Waals surface area (Å²) in [5.41, 5.74) is 0.566. The van der Waals surface area contributed by atoms with Crippen molar-refractivity contribution >= 4 is 5.91 Å². The molecule has 25 heavy (non-hydrogen) atoms. The summed E-state index contributed by atoms with van der Waals surface area (Å²) in [6.45, 7) is 6.19. The number of likely N-dealkylation sites (tertiary alicyclic amines) is 1. The van der Waals surface area contributed by atoms with Gasteiger partial charge in [-0.1, -0.05) is 0 Å². The number of amides is 1. The number of aromatic nitrogens is 1. The van der Waals surface area contributed by atoms with E-state index in [0.29, 0.717) is 18.8 Å². The van der Waals surface area contributed by atoms with Gasteiger partial charge in [-0.3, -0.25) is 9.78 Å². The fraction of sp³-hybridized carbons (Fsp3) is 0.684. The summed E-state index contributed by atoms with van der Waals surface area (Å²) in [6.07, 6.45) is 7.14. The third kappa shape index (κ3) is 4.77. The van der Waals surface area contributed by atoms with Gasteiger partial charge in [-0.25, -0.2) is 0 Å². The standard InChI is InChI=1S/C19H28N2O4/c1-2-23-13-14-24-17-5-12-25-19(15-17)6-10-21(11-7-19)18(22)16-3-8-20-9-4-16/h3-4,8-9,17H,2,5-7,10-15H2,1H3. The van der Waals surface area contributed by atoms with Gasteiger partial charge in [0.05, 0.1) is 24.9 Å². The Bertz CT molecular complexity index is 544. The van der Waals surface area contributed by atoms with Crippen molar-refractivity contribution in [3.8, 4) is 0 Å². The van der Waals surface area contributed by atoms with Crippen molar-refractivity contribution in [3.05, 3.63) is 30.1 Å². The Kier molecular flexibility index (Phi) is 6.39. The summed E-state index contributed by atoms with van der Waals surface area (Å²) in [6, 6.07) is 3.54. The van der Waals surface area contributed by atoms with Crippen LogP contribution in [0.3, 0.4) is 0 Å². The zero-order chi connectivity index (χ0) is 17.5. The maximum atomic E-state index is 12.6. The van der Waals surface area contributed by atoms with Crippen LogP contribution in [0.25, 0.3) is 0 Å².